The molecular formula is C22H20F3NO4. The van der Waals surface area contributed by atoms with Crippen molar-refractivity contribution in [1.82, 2.24) is 0 Å². The normalized spacial score (nSPS) is 17.5. The molecule has 158 valence electrons. The Bertz CT molecular complexity index is 1010. The van der Waals surface area contributed by atoms with Gasteiger partial charge in [0.2, 0.25) is 0 Å². The highest BCUT2D eigenvalue weighted by molar-refractivity contribution is 6.17. The van der Waals surface area contributed by atoms with Crippen molar-refractivity contribution in [3.05, 3.63) is 71.5 Å². The van der Waals surface area contributed by atoms with E-state index in [2.05, 4.69) is 4.74 Å². The number of nitrogens with zero attached hydrogens (tertiary/aromatic N) is 1. The number of amides is 1. The predicted molar refractivity (Wildman–Crippen MR) is 104 cm³/mol. The zero-order chi connectivity index (χ0) is 22.3. The molecule has 1 aliphatic rings. The molecule has 0 saturated heterocycles. The summed E-state index contributed by atoms with van der Waals surface area (Å²) in [5.41, 5.74) is -0.405. The van der Waals surface area contributed by atoms with E-state index < -0.39 is 41.0 Å². The molecule has 0 aliphatic carbocycles. The van der Waals surface area contributed by atoms with Gasteiger partial charge in [0.25, 0.3) is 5.91 Å². The van der Waals surface area contributed by atoms with Gasteiger partial charge in [-0.05, 0) is 17.7 Å². The Labute approximate surface area is 171 Å². The monoisotopic (exact) mass is 419 g/mol. The lowest BCUT2D eigenvalue weighted by Gasteiger charge is -2.29. The van der Waals surface area contributed by atoms with Crippen LogP contribution in [0.15, 0.2) is 65.9 Å². The van der Waals surface area contributed by atoms with Gasteiger partial charge < -0.3 is 9.84 Å². The first-order valence-corrected chi connectivity index (χ1v) is 9.12. The fraction of sp³-hybridized carbons (Fsp3) is 0.273. The standard InChI is InChI=1S/C22H20F3NO4/c1-21(2,3)19(28)16-17(13-8-5-4-6-9-13)26(20(29)18(16)27)14-10-7-11-15(12-14)30-22(23,24)25/h4-12,17,27H,1-3H3. The molecule has 5 nitrogen and oxygen atoms in total. The number of anilines is 1. The Balaban J connectivity index is 2.14. The van der Waals surface area contributed by atoms with Crippen molar-refractivity contribution < 1.29 is 32.6 Å². The van der Waals surface area contributed by atoms with Crippen LogP contribution in [0.4, 0.5) is 18.9 Å². The summed E-state index contributed by atoms with van der Waals surface area (Å²) in [4.78, 5) is 27.1. The molecule has 1 unspecified atom stereocenters. The van der Waals surface area contributed by atoms with E-state index in [1.165, 1.54) is 12.1 Å². The molecule has 0 aromatic heterocycles. The zero-order valence-electron chi connectivity index (χ0n) is 16.5. The zero-order valence-corrected chi connectivity index (χ0v) is 16.5. The van der Waals surface area contributed by atoms with E-state index in [0.717, 1.165) is 17.0 Å². The summed E-state index contributed by atoms with van der Waals surface area (Å²) in [5, 5.41) is 10.6. The van der Waals surface area contributed by atoms with Crippen LogP contribution in [0.1, 0.15) is 32.4 Å². The maximum Gasteiger partial charge on any atom is 0.573 e. The number of Topliss-reactive ketones (excluding diaryl/α,β-unsaturated/α-hetero) is 1. The van der Waals surface area contributed by atoms with Gasteiger partial charge in [0.15, 0.2) is 11.5 Å². The summed E-state index contributed by atoms with van der Waals surface area (Å²) in [6.45, 7) is 4.97. The summed E-state index contributed by atoms with van der Waals surface area (Å²) in [5.74, 6) is -2.55. The minimum Gasteiger partial charge on any atom is -0.503 e. The topological polar surface area (TPSA) is 66.8 Å². The highest BCUT2D eigenvalue weighted by atomic mass is 19.4. The maximum absolute atomic E-state index is 13.1. The molecule has 1 aliphatic heterocycles. The molecule has 2 aromatic rings. The molecule has 1 N–H and O–H groups in total. The number of aliphatic hydroxyl groups is 1. The Hall–Kier alpha value is -3.29. The van der Waals surface area contributed by atoms with Crippen LogP contribution in [0.25, 0.3) is 0 Å². The Morgan fingerprint density at radius 3 is 2.23 bits per heavy atom. The van der Waals surface area contributed by atoms with Crippen LogP contribution in [-0.4, -0.2) is 23.2 Å². The quantitative estimate of drug-likeness (QED) is 0.749. The lowest BCUT2D eigenvalue weighted by Crippen LogP contribution is -2.32. The number of carbonyl (C=O) groups excluding carboxylic acids is 2. The van der Waals surface area contributed by atoms with Gasteiger partial charge in [0.05, 0.1) is 11.6 Å². The van der Waals surface area contributed by atoms with Crippen molar-refractivity contribution in [2.75, 3.05) is 4.90 Å². The third-order valence-electron chi connectivity index (χ3n) is 4.58. The first kappa shape index (κ1) is 21.4. The number of carbonyl (C=O) groups is 2. The van der Waals surface area contributed by atoms with E-state index in [-0.39, 0.29) is 11.3 Å². The van der Waals surface area contributed by atoms with Crippen LogP contribution in [0.3, 0.4) is 0 Å². The number of halogens is 3. The third-order valence-corrected chi connectivity index (χ3v) is 4.58. The van der Waals surface area contributed by atoms with Crippen molar-refractivity contribution in [3.8, 4) is 5.75 Å². The Kier molecular flexibility index (Phi) is 5.36. The maximum atomic E-state index is 13.1. The number of aliphatic hydroxyl groups excluding tert-OH is 1. The van der Waals surface area contributed by atoms with Gasteiger partial charge in [0.1, 0.15) is 5.75 Å². The molecule has 1 amide bonds. The van der Waals surface area contributed by atoms with E-state index in [1.807, 2.05) is 0 Å². The van der Waals surface area contributed by atoms with E-state index in [1.54, 1.807) is 51.1 Å². The molecule has 0 radical (unpaired) electrons. The molecular weight excluding hydrogens is 399 g/mol. The largest absolute Gasteiger partial charge is 0.573 e. The molecule has 0 fully saturated rings. The SMILES string of the molecule is CC(C)(C)C(=O)C1=C(O)C(=O)N(c2cccc(OC(F)(F)F)c2)C1c1ccccc1. The summed E-state index contributed by atoms with van der Waals surface area (Å²) < 4.78 is 41.9. The van der Waals surface area contributed by atoms with Crippen LogP contribution in [-0.2, 0) is 9.59 Å². The van der Waals surface area contributed by atoms with Crippen molar-refractivity contribution in [2.24, 2.45) is 5.41 Å². The molecule has 1 heterocycles. The van der Waals surface area contributed by atoms with Gasteiger partial charge in [-0.3, -0.25) is 14.5 Å². The van der Waals surface area contributed by atoms with Gasteiger partial charge in [-0.15, -0.1) is 13.2 Å². The average molecular weight is 419 g/mol. The molecule has 0 bridgehead atoms. The van der Waals surface area contributed by atoms with Crippen molar-refractivity contribution >= 4 is 17.4 Å². The summed E-state index contributed by atoms with van der Waals surface area (Å²) in [6, 6.07) is 12.4. The second kappa shape index (κ2) is 7.51. The Morgan fingerprint density at radius 2 is 1.67 bits per heavy atom. The first-order valence-electron chi connectivity index (χ1n) is 9.12. The van der Waals surface area contributed by atoms with E-state index in [9.17, 15) is 27.9 Å². The van der Waals surface area contributed by atoms with E-state index in [0.29, 0.717) is 5.56 Å². The molecule has 30 heavy (non-hydrogen) atoms. The summed E-state index contributed by atoms with van der Waals surface area (Å²) in [6.07, 6.45) is -4.90. The minimum atomic E-state index is -4.90. The van der Waals surface area contributed by atoms with Crippen LogP contribution < -0.4 is 9.64 Å². The van der Waals surface area contributed by atoms with Crippen LogP contribution in [0.2, 0.25) is 0 Å². The highest BCUT2D eigenvalue weighted by Gasteiger charge is 2.46. The molecule has 3 rings (SSSR count). The smallest absolute Gasteiger partial charge is 0.503 e. The second-order valence-electron chi connectivity index (χ2n) is 7.87. The number of ketones is 1. The number of hydrogen-bond acceptors (Lipinski definition) is 4. The number of alkyl halides is 3. The van der Waals surface area contributed by atoms with Gasteiger partial charge in [-0.1, -0.05) is 57.2 Å². The molecule has 2 aromatic carbocycles. The molecule has 1 atom stereocenters. The Morgan fingerprint density at radius 1 is 1.03 bits per heavy atom. The van der Waals surface area contributed by atoms with Crippen LogP contribution >= 0.6 is 0 Å². The minimum absolute atomic E-state index is 0.0545. The fourth-order valence-electron chi connectivity index (χ4n) is 3.29. The van der Waals surface area contributed by atoms with Gasteiger partial charge in [-0.25, -0.2) is 0 Å². The second-order valence-corrected chi connectivity index (χ2v) is 7.87. The molecule has 0 spiro atoms. The van der Waals surface area contributed by atoms with Gasteiger partial charge in [-0.2, -0.15) is 0 Å². The van der Waals surface area contributed by atoms with Crippen molar-refractivity contribution in [3.63, 3.8) is 0 Å². The van der Waals surface area contributed by atoms with E-state index in [4.69, 9.17) is 0 Å². The summed E-state index contributed by atoms with van der Waals surface area (Å²) in [7, 11) is 0. The number of ether oxygens (including phenoxy) is 1. The van der Waals surface area contributed by atoms with Crippen molar-refractivity contribution in [2.45, 2.75) is 33.2 Å². The van der Waals surface area contributed by atoms with Gasteiger partial charge in [0, 0.05) is 17.2 Å². The lowest BCUT2D eigenvalue weighted by molar-refractivity contribution is -0.274. The number of rotatable bonds is 4. The third kappa shape index (κ3) is 4.17. The average Bonchev–Trinajstić information content (AvgIpc) is 2.91. The lowest BCUT2D eigenvalue weighted by atomic mass is 9.82. The molecule has 8 heteroatoms. The predicted octanol–water partition coefficient (Wildman–Crippen LogP) is 5.10. The number of hydrogen-bond donors (Lipinski definition) is 1. The summed E-state index contributed by atoms with van der Waals surface area (Å²) >= 11 is 0. The van der Waals surface area contributed by atoms with Gasteiger partial charge >= 0.3 is 6.36 Å². The fourth-order valence-corrected chi connectivity index (χ4v) is 3.29. The highest BCUT2D eigenvalue weighted by Crippen LogP contribution is 2.44. The van der Waals surface area contributed by atoms with Crippen LogP contribution in [0.5, 0.6) is 5.75 Å². The van der Waals surface area contributed by atoms with Crippen molar-refractivity contribution in [1.29, 1.82) is 0 Å². The molecule has 0 saturated carbocycles. The van der Waals surface area contributed by atoms with Crippen LogP contribution in [0, 0.1) is 5.41 Å². The first-order chi connectivity index (χ1) is 13.9. The number of benzene rings is 2. The van der Waals surface area contributed by atoms with E-state index >= 15 is 0 Å².